The van der Waals surface area contributed by atoms with E-state index in [1.807, 2.05) is 47.6 Å². The summed E-state index contributed by atoms with van der Waals surface area (Å²) < 4.78 is 31.4. The maximum absolute atomic E-state index is 12.8. The van der Waals surface area contributed by atoms with E-state index < -0.39 is 47.9 Å². The van der Waals surface area contributed by atoms with Gasteiger partial charge in [-0.15, -0.1) is 0 Å². The molecule has 0 aromatic carbocycles. The molecule has 0 bridgehead atoms. The summed E-state index contributed by atoms with van der Waals surface area (Å²) >= 11 is 0. The lowest BCUT2D eigenvalue weighted by Crippen LogP contribution is -2.56. The van der Waals surface area contributed by atoms with E-state index in [9.17, 15) is 15.0 Å². The summed E-state index contributed by atoms with van der Waals surface area (Å²) in [7, 11) is 5.81. The number of nitrogens with zero attached hydrogens (tertiary/aromatic N) is 1. The van der Waals surface area contributed by atoms with Gasteiger partial charge < -0.3 is 38.8 Å². The molecule has 2 rings (SSSR count). The zero-order valence-corrected chi connectivity index (χ0v) is 29.3. The number of carbonyl (C=O) groups is 1. The highest BCUT2D eigenvalue weighted by molar-refractivity contribution is 5.89. The molecule has 43 heavy (non-hydrogen) atoms. The van der Waals surface area contributed by atoms with Crippen LogP contribution in [-0.2, 0) is 28.5 Å². The van der Waals surface area contributed by atoms with E-state index in [-0.39, 0.29) is 29.9 Å². The number of esters is 1. The smallest absolute Gasteiger partial charge is 0.340 e. The van der Waals surface area contributed by atoms with Crippen molar-refractivity contribution in [2.45, 2.75) is 144 Å². The van der Waals surface area contributed by atoms with Crippen LogP contribution < -0.4 is 0 Å². The van der Waals surface area contributed by atoms with Crippen LogP contribution in [0.4, 0.5) is 0 Å². The lowest BCUT2D eigenvalue weighted by atomic mass is 9.78. The molecule has 2 aliphatic rings. The maximum Gasteiger partial charge on any atom is 0.340 e. The van der Waals surface area contributed by atoms with Gasteiger partial charge in [-0.05, 0) is 72.5 Å². The molecule has 0 saturated carbocycles. The second-order valence-electron chi connectivity index (χ2n) is 14.1. The average Bonchev–Trinajstić information content (AvgIpc) is 2.93. The van der Waals surface area contributed by atoms with Gasteiger partial charge in [0.1, 0.15) is 5.76 Å². The number of aliphatic hydroxyl groups is 2. The standard InChI is InChI=1S/C34H61NO8/c1-15-27(36)19(2)16-20(3)28(37)21(4)18-34(11,39-14)30(24(7)29-25(8)31(38)43-33(9,10)42-29)41-32-23(6)26(35(12)13)17-22(5)40-32/h16,19,21-24,26-28,30,32,36-37H,15,17-18H2,1-14H3/b20-16+/t19?,21-,22?,23?,24+,26?,27-,28?,30-,32+,34-/m1/s1. The number of carbonyl (C=O) groups excluding carboxylic acids is 1. The summed E-state index contributed by atoms with van der Waals surface area (Å²) in [5.41, 5.74) is 0.294. The normalized spacial score (nSPS) is 30.5. The van der Waals surface area contributed by atoms with Crippen molar-refractivity contribution in [1.82, 2.24) is 4.90 Å². The van der Waals surface area contributed by atoms with Crippen LogP contribution in [0, 0.1) is 23.7 Å². The van der Waals surface area contributed by atoms with Crippen LogP contribution in [0.1, 0.15) is 95.4 Å². The summed E-state index contributed by atoms with van der Waals surface area (Å²) in [6, 6.07) is 0.258. The van der Waals surface area contributed by atoms with Crippen LogP contribution in [0.25, 0.3) is 0 Å². The number of ether oxygens (including phenoxy) is 5. The second-order valence-corrected chi connectivity index (χ2v) is 14.1. The molecule has 0 amide bonds. The van der Waals surface area contributed by atoms with Crippen molar-refractivity contribution in [3.05, 3.63) is 23.0 Å². The van der Waals surface area contributed by atoms with Crippen molar-refractivity contribution in [2.75, 3.05) is 21.2 Å². The Morgan fingerprint density at radius 3 is 2.33 bits per heavy atom. The Balaban J connectivity index is 2.52. The van der Waals surface area contributed by atoms with Gasteiger partial charge in [0.05, 0.1) is 35.6 Å². The van der Waals surface area contributed by atoms with Crippen molar-refractivity contribution in [1.29, 1.82) is 0 Å². The number of hydrogen-bond acceptors (Lipinski definition) is 9. The van der Waals surface area contributed by atoms with Crippen LogP contribution in [0.2, 0.25) is 0 Å². The fourth-order valence-electron chi connectivity index (χ4n) is 6.76. The molecule has 2 heterocycles. The molecule has 0 aliphatic carbocycles. The molecule has 2 N–H and O–H groups in total. The molecule has 250 valence electrons. The molecule has 2 aliphatic heterocycles. The fourth-order valence-corrected chi connectivity index (χ4v) is 6.76. The minimum absolute atomic E-state index is 0.00635. The highest BCUT2D eigenvalue weighted by Crippen LogP contribution is 2.42. The monoisotopic (exact) mass is 611 g/mol. The third-order valence-electron chi connectivity index (χ3n) is 9.51. The quantitative estimate of drug-likeness (QED) is 0.196. The number of aliphatic hydroxyl groups excluding tert-OH is 2. The molecule has 9 heteroatoms. The molecule has 0 aromatic heterocycles. The van der Waals surface area contributed by atoms with E-state index in [4.69, 9.17) is 23.7 Å². The minimum atomic E-state index is -1.13. The molecule has 5 unspecified atom stereocenters. The summed E-state index contributed by atoms with van der Waals surface area (Å²) in [5.74, 6) is -1.69. The van der Waals surface area contributed by atoms with Gasteiger partial charge in [-0.1, -0.05) is 40.7 Å². The number of methoxy groups -OCH3 is 1. The van der Waals surface area contributed by atoms with Gasteiger partial charge >= 0.3 is 5.97 Å². The van der Waals surface area contributed by atoms with Crippen LogP contribution >= 0.6 is 0 Å². The van der Waals surface area contributed by atoms with Gasteiger partial charge in [-0.3, -0.25) is 0 Å². The molecule has 1 fully saturated rings. The summed E-state index contributed by atoms with van der Waals surface area (Å²) in [6.45, 7) is 21.1. The second kappa shape index (κ2) is 15.2. The van der Waals surface area contributed by atoms with E-state index >= 15 is 0 Å². The lowest BCUT2D eigenvalue weighted by molar-refractivity contribution is -0.285. The largest absolute Gasteiger partial charge is 0.456 e. The molecular weight excluding hydrogens is 550 g/mol. The predicted molar refractivity (Wildman–Crippen MR) is 168 cm³/mol. The zero-order chi connectivity index (χ0) is 33.0. The first kappa shape index (κ1) is 37.7. The third-order valence-corrected chi connectivity index (χ3v) is 9.51. The summed E-state index contributed by atoms with van der Waals surface area (Å²) in [4.78, 5) is 15.1. The van der Waals surface area contributed by atoms with Gasteiger partial charge in [0.25, 0.3) is 0 Å². The first-order valence-electron chi connectivity index (χ1n) is 16.0. The number of cyclic esters (lactones) is 1. The average molecular weight is 612 g/mol. The highest BCUT2D eigenvalue weighted by atomic mass is 16.7. The minimum Gasteiger partial charge on any atom is -0.456 e. The van der Waals surface area contributed by atoms with Crippen molar-refractivity contribution in [3.8, 4) is 0 Å². The third kappa shape index (κ3) is 9.27. The van der Waals surface area contributed by atoms with Crippen molar-refractivity contribution in [2.24, 2.45) is 23.7 Å². The van der Waals surface area contributed by atoms with Gasteiger partial charge in [0, 0.05) is 44.8 Å². The molecule has 9 nitrogen and oxygen atoms in total. The first-order chi connectivity index (χ1) is 19.8. The molecule has 0 aromatic rings. The summed E-state index contributed by atoms with van der Waals surface area (Å²) in [6.07, 6.45) is 1.58. The van der Waals surface area contributed by atoms with Gasteiger partial charge in [0.15, 0.2) is 6.29 Å². The van der Waals surface area contributed by atoms with Gasteiger partial charge in [-0.25, -0.2) is 4.79 Å². The Bertz CT molecular complexity index is 993. The SMILES string of the molecule is CC[C@@H](O)C(C)/C=C(\C)C(O)[C@H](C)C[C@@](C)(OC)[C@H](O[C@@H]1OC(C)CC(N(C)C)C1C)[C@@H](C)C1=C(C)C(=O)OC(C)(C)O1. The van der Waals surface area contributed by atoms with Gasteiger partial charge in [-0.2, -0.15) is 0 Å². The van der Waals surface area contributed by atoms with Gasteiger partial charge in [0.2, 0.25) is 5.79 Å². The van der Waals surface area contributed by atoms with E-state index in [0.717, 1.165) is 12.0 Å². The Hall–Kier alpha value is -1.49. The van der Waals surface area contributed by atoms with E-state index in [0.29, 0.717) is 24.2 Å². The van der Waals surface area contributed by atoms with E-state index in [1.54, 1.807) is 27.9 Å². The Kier molecular flexibility index (Phi) is 13.3. The summed E-state index contributed by atoms with van der Waals surface area (Å²) in [5, 5.41) is 21.7. The molecule has 0 spiro atoms. The zero-order valence-electron chi connectivity index (χ0n) is 29.3. The Morgan fingerprint density at radius 1 is 1.19 bits per heavy atom. The molecule has 1 saturated heterocycles. The fraction of sp³-hybridized carbons (Fsp3) is 0.853. The highest BCUT2D eigenvalue weighted by Gasteiger charge is 2.49. The van der Waals surface area contributed by atoms with E-state index in [2.05, 4.69) is 32.8 Å². The van der Waals surface area contributed by atoms with Crippen LogP contribution in [0.15, 0.2) is 23.0 Å². The topological polar surface area (TPSA) is 107 Å². The molecule has 11 atom stereocenters. The Morgan fingerprint density at radius 2 is 1.79 bits per heavy atom. The predicted octanol–water partition coefficient (Wildman–Crippen LogP) is 5.44. The van der Waals surface area contributed by atoms with Crippen LogP contribution in [-0.4, -0.2) is 90.4 Å². The lowest BCUT2D eigenvalue weighted by Gasteiger charge is -2.48. The number of rotatable bonds is 14. The Labute approximate surface area is 260 Å². The molecule has 0 radical (unpaired) electrons. The maximum atomic E-state index is 12.8. The van der Waals surface area contributed by atoms with Crippen LogP contribution in [0.5, 0.6) is 0 Å². The first-order valence-corrected chi connectivity index (χ1v) is 16.0. The number of hydrogen-bond donors (Lipinski definition) is 2. The van der Waals surface area contributed by atoms with Crippen molar-refractivity contribution < 1.29 is 38.7 Å². The van der Waals surface area contributed by atoms with E-state index in [1.165, 1.54) is 0 Å². The van der Waals surface area contributed by atoms with Crippen molar-refractivity contribution >= 4 is 5.97 Å². The van der Waals surface area contributed by atoms with Crippen LogP contribution in [0.3, 0.4) is 0 Å². The van der Waals surface area contributed by atoms with Crippen molar-refractivity contribution in [3.63, 3.8) is 0 Å². The molecular formula is C34H61NO8.